The SMILES string of the molecule is Fc1cccc(Br)c1NCc1cccc(OC(F)(F)F)c1. The van der Waals surface area contributed by atoms with Gasteiger partial charge in [0.15, 0.2) is 0 Å². The third kappa shape index (κ3) is 4.63. The van der Waals surface area contributed by atoms with Crippen molar-refractivity contribution in [2.75, 3.05) is 5.32 Å². The third-order valence-electron chi connectivity index (χ3n) is 2.56. The number of hydrogen-bond acceptors (Lipinski definition) is 2. The molecule has 0 atom stereocenters. The van der Waals surface area contributed by atoms with Gasteiger partial charge in [-0.2, -0.15) is 0 Å². The van der Waals surface area contributed by atoms with E-state index in [0.717, 1.165) is 0 Å². The maximum Gasteiger partial charge on any atom is 0.573 e. The normalized spacial score (nSPS) is 11.3. The van der Waals surface area contributed by atoms with E-state index in [1.165, 1.54) is 24.3 Å². The lowest BCUT2D eigenvalue weighted by atomic mass is 10.2. The van der Waals surface area contributed by atoms with Gasteiger partial charge in [-0.25, -0.2) is 4.39 Å². The Kier molecular flexibility index (Phi) is 4.72. The standard InChI is InChI=1S/C14H10BrF4NO/c15-11-5-2-6-12(16)13(11)20-8-9-3-1-4-10(7-9)21-14(17,18)19/h1-7,20H,8H2. The Morgan fingerprint density at radius 3 is 2.48 bits per heavy atom. The summed E-state index contributed by atoms with van der Waals surface area (Å²) in [4.78, 5) is 0. The highest BCUT2D eigenvalue weighted by molar-refractivity contribution is 9.10. The largest absolute Gasteiger partial charge is 0.573 e. The van der Waals surface area contributed by atoms with E-state index in [0.29, 0.717) is 10.0 Å². The second kappa shape index (κ2) is 6.34. The minimum absolute atomic E-state index is 0.161. The van der Waals surface area contributed by atoms with Gasteiger partial charge in [0.2, 0.25) is 0 Å². The molecule has 2 nitrogen and oxygen atoms in total. The summed E-state index contributed by atoms with van der Waals surface area (Å²) < 4.78 is 54.4. The van der Waals surface area contributed by atoms with Gasteiger partial charge in [-0.05, 0) is 45.8 Å². The molecule has 0 spiro atoms. The van der Waals surface area contributed by atoms with Gasteiger partial charge in [0.25, 0.3) is 0 Å². The highest BCUT2D eigenvalue weighted by Crippen LogP contribution is 2.27. The first kappa shape index (κ1) is 15.6. The van der Waals surface area contributed by atoms with Crippen LogP contribution in [-0.4, -0.2) is 6.36 Å². The molecule has 0 amide bonds. The second-order valence-electron chi connectivity index (χ2n) is 4.15. The smallest absolute Gasteiger partial charge is 0.406 e. The highest BCUT2D eigenvalue weighted by Gasteiger charge is 2.31. The molecule has 21 heavy (non-hydrogen) atoms. The van der Waals surface area contributed by atoms with Gasteiger partial charge < -0.3 is 10.1 Å². The van der Waals surface area contributed by atoms with Crippen LogP contribution in [0, 0.1) is 5.82 Å². The van der Waals surface area contributed by atoms with Crippen molar-refractivity contribution in [1.82, 2.24) is 0 Å². The summed E-state index contributed by atoms with van der Waals surface area (Å²) >= 11 is 3.20. The minimum Gasteiger partial charge on any atom is -0.406 e. The summed E-state index contributed by atoms with van der Waals surface area (Å²) in [7, 11) is 0. The Balaban J connectivity index is 2.09. The Morgan fingerprint density at radius 2 is 1.81 bits per heavy atom. The molecule has 2 aromatic carbocycles. The Labute approximate surface area is 126 Å². The first-order chi connectivity index (χ1) is 9.85. The van der Waals surface area contributed by atoms with Crippen molar-refractivity contribution in [1.29, 1.82) is 0 Å². The van der Waals surface area contributed by atoms with E-state index in [2.05, 4.69) is 26.0 Å². The van der Waals surface area contributed by atoms with Crippen molar-refractivity contribution in [3.05, 3.63) is 58.3 Å². The molecule has 2 aromatic rings. The van der Waals surface area contributed by atoms with Crippen LogP contribution in [0.1, 0.15) is 5.56 Å². The summed E-state index contributed by atoms with van der Waals surface area (Å²) in [5.41, 5.74) is 0.784. The summed E-state index contributed by atoms with van der Waals surface area (Å²) in [6.45, 7) is 0.161. The van der Waals surface area contributed by atoms with Crippen LogP contribution in [0.25, 0.3) is 0 Å². The first-order valence-corrected chi connectivity index (χ1v) is 6.67. The molecule has 0 aliphatic carbocycles. The number of benzene rings is 2. The summed E-state index contributed by atoms with van der Waals surface area (Å²) in [6.07, 6.45) is -4.74. The van der Waals surface area contributed by atoms with Gasteiger partial charge in [-0.15, -0.1) is 13.2 Å². The van der Waals surface area contributed by atoms with Crippen molar-refractivity contribution in [3.63, 3.8) is 0 Å². The Bertz CT molecular complexity index is 610. The predicted molar refractivity (Wildman–Crippen MR) is 74.6 cm³/mol. The summed E-state index contributed by atoms with van der Waals surface area (Å²) in [5.74, 6) is -0.763. The number of alkyl halides is 3. The second-order valence-corrected chi connectivity index (χ2v) is 5.00. The Hall–Kier alpha value is -1.76. The van der Waals surface area contributed by atoms with Gasteiger partial charge in [-0.3, -0.25) is 0 Å². The Morgan fingerprint density at radius 1 is 1.10 bits per heavy atom. The number of ether oxygens (including phenoxy) is 1. The molecule has 1 N–H and O–H groups in total. The average molecular weight is 364 g/mol. The summed E-state index contributed by atoms with van der Waals surface area (Å²) in [6, 6.07) is 10.00. The number of para-hydroxylation sites is 1. The van der Waals surface area contributed by atoms with Crippen LogP contribution in [0.4, 0.5) is 23.2 Å². The van der Waals surface area contributed by atoms with Crippen molar-refractivity contribution in [2.24, 2.45) is 0 Å². The highest BCUT2D eigenvalue weighted by atomic mass is 79.9. The van der Waals surface area contributed by atoms with Crippen LogP contribution in [0.2, 0.25) is 0 Å². The molecular formula is C14H10BrF4NO. The van der Waals surface area contributed by atoms with Crippen molar-refractivity contribution < 1.29 is 22.3 Å². The zero-order chi connectivity index (χ0) is 15.5. The van der Waals surface area contributed by atoms with E-state index in [1.54, 1.807) is 18.2 Å². The molecule has 0 saturated heterocycles. The lowest BCUT2D eigenvalue weighted by Gasteiger charge is -2.12. The lowest BCUT2D eigenvalue weighted by molar-refractivity contribution is -0.274. The van der Waals surface area contributed by atoms with Gasteiger partial charge >= 0.3 is 6.36 Å². The van der Waals surface area contributed by atoms with E-state index in [-0.39, 0.29) is 18.0 Å². The lowest BCUT2D eigenvalue weighted by Crippen LogP contribution is -2.17. The molecule has 0 radical (unpaired) electrons. The average Bonchev–Trinajstić information content (AvgIpc) is 2.36. The molecule has 7 heteroatoms. The fourth-order valence-electron chi connectivity index (χ4n) is 1.71. The quantitative estimate of drug-likeness (QED) is 0.763. The van der Waals surface area contributed by atoms with Gasteiger partial charge in [0.1, 0.15) is 11.6 Å². The number of halogens is 5. The molecule has 2 rings (SSSR count). The number of rotatable bonds is 4. The number of anilines is 1. The summed E-state index contributed by atoms with van der Waals surface area (Å²) in [5, 5.41) is 2.83. The molecule has 0 saturated carbocycles. The molecule has 0 aromatic heterocycles. The topological polar surface area (TPSA) is 21.3 Å². The monoisotopic (exact) mass is 363 g/mol. The molecule has 0 heterocycles. The van der Waals surface area contributed by atoms with E-state index < -0.39 is 12.2 Å². The molecule has 112 valence electrons. The maximum absolute atomic E-state index is 13.6. The van der Waals surface area contributed by atoms with Crippen molar-refractivity contribution in [3.8, 4) is 5.75 Å². The van der Waals surface area contributed by atoms with E-state index >= 15 is 0 Å². The first-order valence-electron chi connectivity index (χ1n) is 5.88. The van der Waals surface area contributed by atoms with E-state index in [9.17, 15) is 17.6 Å². The zero-order valence-corrected chi connectivity index (χ0v) is 12.1. The maximum atomic E-state index is 13.6. The van der Waals surface area contributed by atoms with Gasteiger partial charge in [-0.1, -0.05) is 18.2 Å². The van der Waals surface area contributed by atoms with Gasteiger partial charge in [0.05, 0.1) is 5.69 Å². The van der Waals surface area contributed by atoms with Crippen LogP contribution in [-0.2, 0) is 6.54 Å². The molecule has 0 aliphatic heterocycles. The predicted octanol–water partition coefficient (Wildman–Crippen LogP) is 5.10. The van der Waals surface area contributed by atoms with Crippen LogP contribution < -0.4 is 10.1 Å². The van der Waals surface area contributed by atoms with E-state index in [4.69, 9.17) is 0 Å². The number of hydrogen-bond donors (Lipinski definition) is 1. The third-order valence-corrected chi connectivity index (χ3v) is 3.22. The van der Waals surface area contributed by atoms with Crippen LogP contribution >= 0.6 is 15.9 Å². The fraction of sp³-hybridized carbons (Fsp3) is 0.143. The minimum atomic E-state index is -4.74. The van der Waals surface area contributed by atoms with E-state index in [1.807, 2.05) is 0 Å². The molecular weight excluding hydrogens is 354 g/mol. The molecule has 0 aliphatic rings. The number of nitrogens with one attached hydrogen (secondary N) is 1. The molecule has 0 bridgehead atoms. The van der Waals surface area contributed by atoms with Crippen molar-refractivity contribution in [2.45, 2.75) is 12.9 Å². The van der Waals surface area contributed by atoms with Crippen LogP contribution in [0.5, 0.6) is 5.75 Å². The van der Waals surface area contributed by atoms with Crippen LogP contribution in [0.15, 0.2) is 46.9 Å². The molecule has 0 fully saturated rings. The van der Waals surface area contributed by atoms with Gasteiger partial charge in [0, 0.05) is 11.0 Å². The fourth-order valence-corrected chi connectivity index (χ4v) is 2.19. The van der Waals surface area contributed by atoms with Crippen molar-refractivity contribution >= 4 is 21.6 Å². The molecule has 0 unspecified atom stereocenters. The zero-order valence-electron chi connectivity index (χ0n) is 10.5. The van der Waals surface area contributed by atoms with Crippen LogP contribution in [0.3, 0.4) is 0 Å².